The molecule has 25 heavy (non-hydrogen) atoms. The standard InChI is InChI=1S/C18H22N2O4S/c1-21-14-7-5-13(6-8-14)12-23-17-10-16(24-20-17)18(25-2)19-11-15-4-3-9-22-15/h5-8,10,15H,3-4,9,11-12H2,1-2H3. The number of aliphatic imine (C=N–C) groups is 1. The first-order valence-corrected chi connectivity index (χ1v) is 9.44. The summed E-state index contributed by atoms with van der Waals surface area (Å²) in [6.07, 6.45) is 4.36. The Bertz CT molecular complexity index is 693. The van der Waals surface area contributed by atoms with Crippen LogP contribution in [0.15, 0.2) is 39.8 Å². The second kappa shape index (κ2) is 8.92. The number of thioether (sulfide) groups is 1. The summed E-state index contributed by atoms with van der Waals surface area (Å²) in [4.78, 5) is 4.60. The van der Waals surface area contributed by atoms with Crippen molar-refractivity contribution in [3.63, 3.8) is 0 Å². The van der Waals surface area contributed by atoms with Crippen molar-refractivity contribution < 1.29 is 18.7 Å². The van der Waals surface area contributed by atoms with Gasteiger partial charge in [-0.1, -0.05) is 12.1 Å². The Morgan fingerprint density at radius 1 is 1.36 bits per heavy atom. The van der Waals surface area contributed by atoms with E-state index in [-0.39, 0.29) is 6.10 Å². The van der Waals surface area contributed by atoms with Crippen LogP contribution in [0.4, 0.5) is 0 Å². The Kier molecular flexibility index (Phi) is 6.36. The van der Waals surface area contributed by atoms with Crippen molar-refractivity contribution in [1.29, 1.82) is 0 Å². The van der Waals surface area contributed by atoms with Crippen LogP contribution in [-0.4, -0.2) is 42.8 Å². The molecular formula is C18H22N2O4S. The van der Waals surface area contributed by atoms with E-state index in [1.807, 2.05) is 30.5 Å². The first kappa shape index (κ1) is 17.8. The van der Waals surface area contributed by atoms with Crippen LogP contribution in [0, 0.1) is 0 Å². The number of benzene rings is 1. The molecule has 0 amide bonds. The van der Waals surface area contributed by atoms with Gasteiger partial charge in [0.1, 0.15) is 17.4 Å². The molecule has 0 N–H and O–H groups in total. The van der Waals surface area contributed by atoms with E-state index in [0.29, 0.717) is 24.8 Å². The van der Waals surface area contributed by atoms with Crippen LogP contribution in [0.25, 0.3) is 0 Å². The number of hydrogen-bond acceptors (Lipinski definition) is 7. The molecule has 1 unspecified atom stereocenters. The molecule has 1 aromatic carbocycles. The molecule has 2 heterocycles. The van der Waals surface area contributed by atoms with Gasteiger partial charge >= 0.3 is 0 Å². The van der Waals surface area contributed by atoms with Gasteiger partial charge in [-0.25, -0.2) is 0 Å². The minimum atomic E-state index is 0.218. The summed E-state index contributed by atoms with van der Waals surface area (Å²) in [7, 11) is 1.64. The van der Waals surface area contributed by atoms with E-state index in [1.165, 1.54) is 11.8 Å². The Morgan fingerprint density at radius 2 is 2.20 bits per heavy atom. The van der Waals surface area contributed by atoms with Crippen molar-refractivity contribution in [1.82, 2.24) is 5.16 Å². The molecule has 1 aliphatic heterocycles. The third kappa shape index (κ3) is 4.99. The van der Waals surface area contributed by atoms with E-state index in [1.54, 1.807) is 13.2 Å². The summed E-state index contributed by atoms with van der Waals surface area (Å²) >= 11 is 1.53. The summed E-state index contributed by atoms with van der Waals surface area (Å²) in [6.45, 7) is 1.90. The average Bonchev–Trinajstić information content (AvgIpc) is 3.33. The molecular weight excluding hydrogens is 340 g/mol. The topological polar surface area (TPSA) is 66.1 Å². The zero-order valence-electron chi connectivity index (χ0n) is 14.4. The Morgan fingerprint density at radius 3 is 2.88 bits per heavy atom. The molecule has 1 saturated heterocycles. The lowest BCUT2D eigenvalue weighted by Gasteiger charge is -2.05. The van der Waals surface area contributed by atoms with Gasteiger partial charge in [-0.3, -0.25) is 4.99 Å². The zero-order chi connectivity index (χ0) is 17.5. The molecule has 0 aliphatic carbocycles. The number of ether oxygens (including phenoxy) is 3. The Balaban J connectivity index is 1.57. The fraction of sp³-hybridized carbons (Fsp3) is 0.444. The highest BCUT2D eigenvalue weighted by atomic mass is 32.2. The molecule has 2 aromatic rings. The largest absolute Gasteiger partial charge is 0.497 e. The maximum Gasteiger partial charge on any atom is 0.255 e. The van der Waals surface area contributed by atoms with E-state index in [9.17, 15) is 0 Å². The first-order chi connectivity index (χ1) is 12.3. The highest BCUT2D eigenvalue weighted by molar-refractivity contribution is 8.13. The minimum absolute atomic E-state index is 0.218. The van der Waals surface area contributed by atoms with Crippen LogP contribution in [0.3, 0.4) is 0 Å². The predicted molar refractivity (Wildman–Crippen MR) is 97.7 cm³/mol. The highest BCUT2D eigenvalue weighted by Gasteiger charge is 2.17. The SMILES string of the molecule is COc1ccc(COc2cc(C(=NCC3CCCO3)SC)on2)cc1. The number of hydrogen-bond donors (Lipinski definition) is 0. The van der Waals surface area contributed by atoms with E-state index in [0.717, 1.165) is 35.8 Å². The molecule has 1 aromatic heterocycles. The lowest BCUT2D eigenvalue weighted by atomic mass is 10.2. The molecule has 0 spiro atoms. The summed E-state index contributed by atoms with van der Waals surface area (Å²) < 4.78 is 21.8. The number of aromatic nitrogens is 1. The van der Waals surface area contributed by atoms with E-state index in [4.69, 9.17) is 18.7 Å². The molecule has 1 fully saturated rings. The van der Waals surface area contributed by atoms with Gasteiger partial charge in [0.2, 0.25) is 0 Å². The fourth-order valence-electron chi connectivity index (χ4n) is 2.52. The lowest BCUT2D eigenvalue weighted by molar-refractivity contribution is 0.118. The van der Waals surface area contributed by atoms with Gasteiger partial charge in [0, 0.05) is 6.61 Å². The molecule has 0 saturated carbocycles. The normalized spacial score (nSPS) is 17.7. The van der Waals surface area contributed by atoms with Crippen LogP contribution in [0.2, 0.25) is 0 Å². The van der Waals surface area contributed by atoms with Gasteiger partial charge in [-0.2, -0.15) is 0 Å². The second-order valence-corrected chi connectivity index (χ2v) is 6.45. The van der Waals surface area contributed by atoms with Crippen molar-refractivity contribution in [3.05, 3.63) is 41.7 Å². The molecule has 134 valence electrons. The maximum atomic E-state index is 5.68. The molecule has 1 aliphatic rings. The smallest absolute Gasteiger partial charge is 0.255 e. The minimum Gasteiger partial charge on any atom is -0.497 e. The quantitative estimate of drug-likeness (QED) is 0.554. The Hall–Kier alpha value is -1.99. The summed E-state index contributed by atoms with van der Waals surface area (Å²) in [5.41, 5.74) is 1.03. The van der Waals surface area contributed by atoms with Gasteiger partial charge < -0.3 is 18.7 Å². The molecule has 0 radical (unpaired) electrons. The maximum absolute atomic E-state index is 5.68. The first-order valence-electron chi connectivity index (χ1n) is 8.21. The van der Waals surface area contributed by atoms with Crippen molar-refractivity contribution in [3.8, 4) is 11.6 Å². The van der Waals surface area contributed by atoms with Gasteiger partial charge in [0.25, 0.3) is 5.88 Å². The fourth-order valence-corrected chi connectivity index (χ4v) is 3.02. The van der Waals surface area contributed by atoms with E-state index in [2.05, 4.69) is 10.1 Å². The third-order valence-corrected chi connectivity index (χ3v) is 4.62. The molecule has 6 nitrogen and oxygen atoms in total. The molecule has 1 atom stereocenters. The summed E-state index contributed by atoms with van der Waals surface area (Å²) in [5, 5.41) is 4.77. The van der Waals surface area contributed by atoms with Gasteiger partial charge in [-0.05, 0) is 42.0 Å². The zero-order valence-corrected chi connectivity index (χ0v) is 15.3. The molecule has 3 rings (SSSR count). The summed E-state index contributed by atoms with van der Waals surface area (Å²) in [6, 6.07) is 9.48. The number of methoxy groups -OCH3 is 1. The monoisotopic (exact) mass is 362 g/mol. The number of nitrogens with zero attached hydrogens (tertiary/aromatic N) is 2. The lowest BCUT2D eigenvalue weighted by Crippen LogP contribution is -2.10. The second-order valence-electron chi connectivity index (χ2n) is 5.65. The van der Waals surface area contributed by atoms with Gasteiger partial charge in [0.05, 0.1) is 25.8 Å². The Labute approximate surface area is 151 Å². The highest BCUT2D eigenvalue weighted by Crippen LogP contribution is 2.20. The number of rotatable bonds is 7. The summed E-state index contributed by atoms with van der Waals surface area (Å²) in [5.74, 6) is 1.89. The van der Waals surface area contributed by atoms with Gasteiger partial charge in [-0.15, -0.1) is 11.8 Å². The third-order valence-electron chi connectivity index (χ3n) is 3.90. The van der Waals surface area contributed by atoms with Crippen LogP contribution >= 0.6 is 11.8 Å². The van der Waals surface area contributed by atoms with Crippen LogP contribution in [0.1, 0.15) is 24.2 Å². The molecule has 7 heteroatoms. The van der Waals surface area contributed by atoms with Crippen molar-refractivity contribution >= 4 is 16.8 Å². The van der Waals surface area contributed by atoms with E-state index >= 15 is 0 Å². The van der Waals surface area contributed by atoms with Crippen LogP contribution in [-0.2, 0) is 11.3 Å². The van der Waals surface area contributed by atoms with Crippen molar-refractivity contribution in [2.75, 3.05) is 26.5 Å². The average molecular weight is 362 g/mol. The predicted octanol–water partition coefficient (Wildman–Crippen LogP) is 3.55. The van der Waals surface area contributed by atoms with Crippen LogP contribution < -0.4 is 9.47 Å². The molecule has 0 bridgehead atoms. The van der Waals surface area contributed by atoms with Crippen LogP contribution in [0.5, 0.6) is 11.6 Å². The van der Waals surface area contributed by atoms with Crippen molar-refractivity contribution in [2.45, 2.75) is 25.6 Å². The van der Waals surface area contributed by atoms with Crippen molar-refractivity contribution in [2.24, 2.45) is 4.99 Å². The van der Waals surface area contributed by atoms with Gasteiger partial charge in [0.15, 0.2) is 5.76 Å². The van der Waals surface area contributed by atoms with E-state index < -0.39 is 0 Å².